The molecule has 0 spiro atoms. The van der Waals surface area contributed by atoms with E-state index in [0.29, 0.717) is 18.5 Å². The Balaban J connectivity index is 1.26. The highest BCUT2D eigenvalue weighted by Gasteiger charge is 2.29. The number of ether oxygens (including phenoxy) is 1. The zero-order valence-electron chi connectivity index (χ0n) is 16.3. The average molecular weight is 378 g/mol. The van der Waals surface area contributed by atoms with Crippen molar-refractivity contribution in [1.82, 2.24) is 14.8 Å². The molecule has 1 aliphatic carbocycles. The van der Waals surface area contributed by atoms with Crippen LogP contribution >= 0.6 is 0 Å². The van der Waals surface area contributed by atoms with E-state index in [-0.39, 0.29) is 6.03 Å². The topological polar surface area (TPSA) is 48.9 Å². The Morgan fingerprint density at radius 3 is 2.54 bits per heavy atom. The predicted molar refractivity (Wildman–Crippen MR) is 108 cm³/mol. The first-order chi connectivity index (χ1) is 13.7. The van der Waals surface area contributed by atoms with E-state index in [1.54, 1.807) is 16.0 Å². The summed E-state index contributed by atoms with van der Waals surface area (Å²) in [6.07, 6.45) is 6.65. The molecule has 1 aromatic heterocycles. The molecule has 6 nitrogen and oxygen atoms in total. The molecule has 0 bridgehead atoms. The van der Waals surface area contributed by atoms with Gasteiger partial charge in [-0.1, -0.05) is 6.07 Å². The number of rotatable bonds is 4. The molecule has 5 rings (SSSR count). The summed E-state index contributed by atoms with van der Waals surface area (Å²) < 4.78 is 5.99. The molecule has 146 valence electrons. The van der Waals surface area contributed by atoms with Gasteiger partial charge in [-0.25, -0.2) is 9.78 Å². The van der Waals surface area contributed by atoms with Crippen molar-refractivity contribution >= 4 is 11.7 Å². The lowest BCUT2D eigenvalue weighted by Gasteiger charge is -2.22. The minimum atomic E-state index is 0.0154. The summed E-state index contributed by atoms with van der Waals surface area (Å²) in [5.41, 5.74) is 3.66. The molecule has 1 aromatic carbocycles. The third-order valence-electron chi connectivity index (χ3n) is 6.22. The lowest BCUT2D eigenvalue weighted by atomic mass is 10.1. The van der Waals surface area contributed by atoms with E-state index in [2.05, 4.69) is 22.0 Å². The van der Waals surface area contributed by atoms with Gasteiger partial charge in [-0.3, -0.25) is 9.80 Å². The fraction of sp³-hybridized carbons (Fsp3) is 0.455. The van der Waals surface area contributed by atoms with Crippen LogP contribution in [0.1, 0.15) is 24.0 Å². The minimum Gasteiger partial charge on any atom is -0.439 e. The normalized spacial score (nSPS) is 22.2. The highest BCUT2D eigenvalue weighted by Crippen LogP contribution is 2.32. The van der Waals surface area contributed by atoms with Crippen molar-refractivity contribution in [1.29, 1.82) is 0 Å². The number of amides is 2. The highest BCUT2D eigenvalue weighted by atomic mass is 16.5. The molecule has 2 fully saturated rings. The highest BCUT2D eigenvalue weighted by molar-refractivity contribution is 5.93. The van der Waals surface area contributed by atoms with Gasteiger partial charge in [0.15, 0.2) is 0 Å². The second-order valence-corrected chi connectivity index (χ2v) is 8.05. The number of anilines is 1. The maximum atomic E-state index is 12.1. The van der Waals surface area contributed by atoms with Gasteiger partial charge in [0.2, 0.25) is 5.88 Å². The molecule has 0 radical (unpaired) electrons. The first kappa shape index (κ1) is 17.5. The van der Waals surface area contributed by atoms with Crippen molar-refractivity contribution in [2.45, 2.75) is 31.7 Å². The van der Waals surface area contributed by atoms with Gasteiger partial charge < -0.3 is 9.64 Å². The number of nitrogens with zero attached hydrogens (tertiary/aromatic N) is 4. The summed E-state index contributed by atoms with van der Waals surface area (Å²) in [7, 11) is 1.81. The molecule has 0 N–H and O–H groups in total. The van der Waals surface area contributed by atoms with Crippen LogP contribution in [0.3, 0.4) is 0 Å². The number of fused-ring (bicyclic) bond motifs is 1. The predicted octanol–water partition coefficient (Wildman–Crippen LogP) is 3.31. The van der Waals surface area contributed by atoms with Crippen LogP contribution in [0.25, 0.3) is 0 Å². The molecule has 6 heteroatoms. The van der Waals surface area contributed by atoms with Gasteiger partial charge in [0.05, 0.1) is 11.9 Å². The first-order valence-electron chi connectivity index (χ1n) is 10.2. The van der Waals surface area contributed by atoms with Crippen LogP contribution in [0, 0.1) is 0 Å². The molecule has 2 aliphatic heterocycles. The standard InChI is InChI=1S/C22H26N4O2/c1-24-10-11-26(22(24)27)18-5-7-21(23-15-18)28-20-6-4-16-12-19(13-17(16)14-20)25-8-2-3-9-25/h4-7,14-15,19H,2-3,8-13H2,1H3. The van der Waals surface area contributed by atoms with Crippen molar-refractivity contribution in [3.63, 3.8) is 0 Å². The molecular weight excluding hydrogens is 352 g/mol. The van der Waals surface area contributed by atoms with Crippen LogP contribution in [-0.2, 0) is 12.8 Å². The molecular formula is C22H26N4O2. The second-order valence-electron chi connectivity index (χ2n) is 8.05. The maximum Gasteiger partial charge on any atom is 0.324 e. The third kappa shape index (κ3) is 3.22. The molecule has 2 amide bonds. The molecule has 2 aromatic rings. The van der Waals surface area contributed by atoms with Gasteiger partial charge in [0.1, 0.15) is 5.75 Å². The molecule has 1 atom stereocenters. The summed E-state index contributed by atoms with van der Waals surface area (Å²) in [5, 5.41) is 0. The zero-order valence-corrected chi connectivity index (χ0v) is 16.3. The third-order valence-corrected chi connectivity index (χ3v) is 6.22. The Hall–Kier alpha value is -2.60. The molecule has 2 saturated heterocycles. The average Bonchev–Trinajstić information content (AvgIpc) is 3.43. The maximum absolute atomic E-state index is 12.1. The molecule has 3 aliphatic rings. The van der Waals surface area contributed by atoms with Crippen LogP contribution in [0.2, 0.25) is 0 Å². The summed E-state index contributed by atoms with van der Waals surface area (Å²) in [6, 6.07) is 10.8. The van der Waals surface area contributed by atoms with E-state index in [1.807, 2.05) is 25.2 Å². The number of carbonyl (C=O) groups is 1. The Morgan fingerprint density at radius 1 is 1.00 bits per heavy atom. The van der Waals surface area contributed by atoms with Crippen molar-refractivity contribution in [3.8, 4) is 11.6 Å². The number of benzene rings is 1. The summed E-state index contributed by atoms with van der Waals surface area (Å²) in [4.78, 5) is 22.6. The van der Waals surface area contributed by atoms with Crippen LogP contribution in [0.4, 0.5) is 10.5 Å². The van der Waals surface area contributed by atoms with Crippen LogP contribution < -0.4 is 9.64 Å². The van der Waals surface area contributed by atoms with Crippen molar-refractivity contribution in [3.05, 3.63) is 47.7 Å². The number of carbonyl (C=O) groups excluding carboxylic acids is 1. The Morgan fingerprint density at radius 2 is 1.82 bits per heavy atom. The van der Waals surface area contributed by atoms with Crippen LogP contribution in [-0.4, -0.2) is 60.1 Å². The van der Waals surface area contributed by atoms with Gasteiger partial charge >= 0.3 is 6.03 Å². The number of aromatic nitrogens is 1. The Bertz CT molecular complexity index is 877. The monoisotopic (exact) mass is 378 g/mol. The van der Waals surface area contributed by atoms with Gasteiger partial charge in [-0.2, -0.15) is 0 Å². The number of urea groups is 1. The van der Waals surface area contributed by atoms with Crippen molar-refractivity contribution in [2.24, 2.45) is 0 Å². The fourth-order valence-corrected chi connectivity index (χ4v) is 4.60. The Labute approximate surface area is 165 Å². The minimum absolute atomic E-state index is 0.0154. The number of likely N-dealkylation sites (N-methyl/N-ethyl adjacent to an activating group) is 1. The lowest BCUT2D eigenvalue weighted by molar-refractivity contribution is 0.229. The summed E-state index contributed by atoms with van der Waals surface area (Å²) in [5.74, 6) is 1.39. The molecule has 0 saturated carbocycles. The van der Waals surface area contributed by atoms with Crippen molar-refractivity contribution in [2.75, 3.05) is 38.1 Å². The molecule has 28 heavy (non-hydrogen) atoms. The zero-order chi connectivity index (χ0) is 19.1. The van der Waals surface area contributed by atoms with Crippen LogP contribution in [0.5, 0.6) is 11.6 Å². The summed E-state index contributed by atoms with van der Waals surface area (Å²) in [6.45, 7) is 3.92. The van der Waals surface area contributed by atoms with Crippen LogP contribution in [0.15, 0.2) is 36.5 Å². The largest absolute Gasteiger partial charge is 0.439 e. The van der Waals surface area contributed by atoms with E-state index in [0.717, 1.165) is 30.8 Å². The van der Waals surface area contributed by atoms with E-state index in [4.69, 9.17) is 4.74 Å². The van der Waals surface area contributed by atoms with Gasteiger partial charge in [0.25, 0.3) is 0 Å². The van der Waals surface area contributed by atoms with Gasteiger partial charge in [-0.05, 0) is 68.1 Å². The smallest absolute Gasteiger partial charge is 0.324 e. The Kier molecular flexibility index (Phi) is 4.43. The van der Waals surface area contributed by atoms with E-state index < -0.39 is 0 Å². The first-order valence-corrected chi connectivity index (χ1v) is 10.2. The number of pyridine rings is 1. The SMILES string of the molecule is CN1CCN(c2ccc(Oc3ccc4c(c3)CC(N3CCCC3)C4)nc2)C1=O. The van der Waals surface area contributed by atoms with Gasteiger partial charge in [-0.15, -0.1) is 0 Å². The van der Waals surface area contributed by atoms with E-state index in [1.165, 1.54) is 37.1 Å². The number of hydrogen-bond donors (Lipinski definition) is 0. The quantitative estimate of drug-likeness (QED) is 0.819. The van der Waals surface area contributed by atoms with Crippen molar-refractivity contribution < 1.29 is 9.53 Å². The summed E-state index contributed by atoms with van der Waals surface area (Å²) >= 11 is 0. The van der Waals surface area contributed by atoms with E-state index >= 15 is 0 Å². The fourth-order valence-electron chi connectivity index (χ4n) is 4.60. The molecule has 3 heterocycles. The number of hydrogen-bond acceptors (Lipinski definition) is 4. The van der Waals surface area contributed by atoms with Gasteiger partial charge in [0, 0.05) is 32.2 Å². The molecule has 1 unspecified atom stereocenters. The second kappa shape index (κ2) is 7.09. The lowest BCUT2D eigenvalue weighted by Crippen LogP contribution is -2.33. The van der Waals surface area contributed by atoms with E-state index in [9.17, 15) is 4.79 Å². The number of likely N-dealkylation sites (tertiary alicyclic amines) is 1.